The summed E-state index contributed by atoms with van der Waals surface area (Å²) in [7, 11) is -3.90. The quantitative estimate of drug-likeness (QED) is 0.626. The third-order valence-electron chi connectivity index (χ3n) is 5.44. The summed E-state index contributed by atoms with van der Waals surface area (Å²) in [6.45, 7) is 2.87. The Kier molecular flexibility index (Phi) is 5.70. The number of benzene rings is 2. The number of nitrogens with one attached hydrogen (secondary N) is 1. The van der Waals surface area contributed by atoms with Gasteiger partial charge in [-0.15, -0.1) is 0 Å². The number of pyridine rings is 1. The second-order valence-corrected chi connectivity index (χ2v) is 9.18. The first kappa shape index (κ1) is 21.6. The number of para-hydroxylation sites is 1. The highest BCUT2D eigenvalue weighted by atomic mass is 32.2. The Hall–Kier alpha value is -3.66. The summed E-state index contributed by atoms with van der Waals surface area (Å²) in [4.78, 5) is 31.0. The summed E-state index contributed by atoms with van der Waals surface area (Å²) in [5.41, 5.74) is 1.76. The van der Waals surface area contributed by atoms with Crippen LogP contribution in [0.3, 0.4) is 0 Å². The van der Waals surface area contributed by atoms with Gasteiger partial charge in [-0.25, -0.2) is 13.2 Å². The van der Waals surface area contributed by atoms with E-state index in [4.69, 9.17) is 5.11 Å². The van der Waals surface area contributed by atoms with Crippen molar-refractivity contribution in [3.8, 4) is 0 Å². The summed E-state index contributed by atoms with van der Waals surface area (Å²) in [6, 6.07) is 13.3. The van der Waals surface area contributed by atoms with Crippen molar-refractivity contribution in [1.82, 2.24) is 14.8 Å². The number of carbonyl (C=O) groups excluding carboxylic acids is 1. The number of amides is 2. The van der Waals surface area contributed by atoms with Gasteiger partial charge in [0.25, 0.3) is 15.9 Å². The van der Waals surface area contributed by atoms with Gasteiger partial charge in [0.2, 0.25) is 0 Å². The molecule has 1 aromatic heterocycles. The number of sulfonamides is 1. The lowest BCUT2D eigenvalue weighted by Crippen LogP contribution is -2.50. The van der Waals surface area contributed by atoms with E-state index < -0.39 is 16.1 Å². The molecule has 2 heterocycles. The molecule has 166 valence electrons. The Labute approximate surface area is 185 Å². The Morgan fingerprint density at radius 3 is 2.38 bits per heavy atom. The average Bonchev–Trinajstić information content (AvgIpc) is 2.79. The summed E-state index contributed by atoms with van der Waals surface area (Å²) >= 11 is 0. The van der Waals surface area contributed by atoms with Gasteiger partial charge in [-0.1, -0.05) is 18.2 Å². The fraction of sp³-hybridized carbons (Fsp3) is 0.227. The van der Waals surface area contributed by atoms with Crippen molar-refractivity contribution in [1.29, 1.82) is 0 Å². The van der Waals surface area contributed by atoms with Crippen LogP contribution < -0.4 is 4.72 Å². The molecule has 0 aliphatic carbocycles. The number of aromatic nitrogens is 1. The molecule has 1 aliphatic rings. The lowest BCUT2D eigenvalue weighted by molar-refractivity contribution is 0.0625. The minimum Gasteiger partial charge on any atom is -0.465 e. The Morgan fingerprint density at radius 2 is 1.69 bits per heavy atom. The molecule has 1 aliphatic heterocycles. The Bertz CT molecular complexity index is 1300. The molecule has 32 heavy (non-hydrogen) atoms. The first-order valence-electron chi connectivity index (χ1n) is 10.0. The van der Waals surface area contributed by atoms with Crippen molar-refractivity contribution < 1.29 is 23.1 Å². The van der Waals surface area contributed by atoms with Gasteiger partial charge in [-0.05, 0) is 42.8 Å². The third kappa shape index (κ3) is 4.22. The SMILES string of the molecule is Cc1cc(C(=O)N2CCN(C(=O)O)CC2)ccc1NS(=O)(=O)c1cccc2cccnc12. The van der Waals surface area contributed by atoms with Crippen molar-refractivity contribution in [3.05, 3.63) is 65.9 Å². The number of aryl methyl sites for hydroxylation is 1. The molecule has 1 saturated heterocycles. The van der Waals surface area contributed by atoms with Gasteiger partial charge in [0, 0.05) is 43.3 Å². The van der Waals surface area contributed by atoms with E-state index in [0.29, 0.717) is 35.4 Å². The van der Waals surface area contributed by atoms with Gasteiger partial charge in [0.1, 0.15) is 4.90 Å². The van der Waals surface area contributed by atoms with E-state index in [1.807, 2.05) is 0 Å². The number of nitrogens with zero attached hydrogens (tertiary/aromatic N) is 3. The molecule has 2 aromatic carbocycles. The smallest absolute Gasteiger partial charge is 0.407 e. The summed E-state index contributed by atoms with van der Waals surface area (Å²) in [5.74, 6) is -0.217. The van der Waals surface area contributed by atoms with Crippen LogP contribution in [-0.2, 0) is 10.0 Å². The molecule has 0 atom stereocenters. The van der Waals surface area contributed by atoms with Crippen molar-refractivity contribution in [3.63, 3.8) is 0 Å². The molecule has 10 heteroatoms. The first-order chi connectivity index (χ1) is 15.3. The van der Waals surface area contributed by atoms with Crippen LogP contribution in [0.25, 0.3) is 10.9 Å². The minimum absolute atomic E-state index is 0.0754. The molecule has 0 saturated carbocycles. The fourth-order valence-electron chi connectivity index (χ4n) is 3.69. The lowest BCUT2D eigenvalue weighted by atomic mass is 10.1. The molecule has 0 unspecified atom stereocenters. The fourth-order valence-corrected chi connectivity index (χ4v) is 5.00. The number of hydrogen-bond acceptors (Lipinski definition) is 5. The molecule has 0 spiro atoms. The molecule has 2 amide bonds. The molecule has 1 fully saturated rings. The first-order valence-corrected chi connectivity index (χ1v) is 11.5. The van der Waals surface area contributed by atoms with Crippen LogP contribution in [0.4, 0.5) is 10.5 Å². The summed E-state index contributed by atoms with van der Waals surface area (Å²) < 4.78 is 28.7. The standard InChI is InChI=1S/C22H22N4O5S/c1-15-14-17(21(27)25-10-12-26(13-11-25)22(28)29)7-8-18(15)24-32(30,31)19-6-2-4-16-5-3-9-23-20(16)19/h2-9,14,24H,10-13H2,1H3,(H,28,29). The van der Waals surface area contributed by atoms with E-state index in [0.717, 1.165) is 5.39 Å². The van der Waals surface area contributed by atoms with E-state index in [2.05, 4.69) is 9.71 Å². The number of carboxylic acid groups (broad SMARTS) is 1. The van der Waals surface area contributed by atoms with E-state index in [1.54, 1.807) is 60.5 Å². The lowest BCUT2D eigenvalue weighted by Gasteiger charge is -2.33. The van der Waals surface area contributed by atoms with Crippen LogP contribution in [-0.4, -0.2) is 66.5 Å². The zero-order valence-corrected chi connectivity index (χ0v) is 18.2. The summed E-state index contributed by atoms with van der Waals surface area (Å²) in [5, 5.41) is 9.76. The Morgan fingerprint density at radius 1 is 1.00 bits per heavy atom. The van der Waals surface area contributed by atoms with E-state index in [9.17, 15) is 18.0 Å². The monoisotopic (exact) mass is 454 g/mol. The molecular formula is C22H22N4O5S. The molecule has 9 nitrogen and oxygen atoms in total. The van der Waals surface area contributed by atoms with Gasteiger partial charge >= 0.3 is 6.09 Å². The van der Waals surface area contributed by atoms with Gasteiger partial charge in [-0.2, -0.15) is 0 Å². The molecule has 0 radical (unpaired) electrons. The van der Waals surface area contributed by atoms with Crippen molar-refractivity contribution in [2.24, 2.45) is 0 Å². The third-order valence-corrected chi connectivity index (χ3v) is 6.84. The van der Waals surface area contributed by atoms with Gasteiger partial charge in [0.05, 0.1) is 11.2 Å². The van der Waals surface area contributed by atoms with Gasteiger partial charge in [-0.3, -0.25) is 14.5 Å². The van der Waals surface area contributed by atoms with E-state index in [-0.39, 0.29) is 23.9 Å². The molecule has 0 bridgehead atoms. The van der Waals surface area contributed by atoms with E-state index >= 15 is 0 Å². The van der Waals surface area contributed by atoms with Crippen molar-refractivity contribution >= 4 is 38.6 Å². The molecular weight excluding hydrogens is 432 g/mol. The van der Waals surface area contributed by atoms with E-state index in [1.165, 1.54) is 11.0 Å². The maximum Gasteiger partial charge on any atom is 0.407 e. The van der Waals surface area contributed by atoms with Crippen LogP contribution >= 0.6 is 0 Å². The number of anilines is 1. The summed E-state index contributed by atoms with van der Waals surface area (Å²) in [6.07, 6.45) is 0.550. The van der Waals surface area contributed by atoms with Gasteiger partial charge in [0.15, 0.2) is 0 Å². The zero-order chi connectivity index (χ0) is 22.9. The van der Waals surface area contributed by atoms with Crippen LogP contribution in [0, 0.1) is 6.92 Å². The van der Waals surface area contributed by atoms with Crippen molar-refractivity contribution in [2.45, 2.75) is 11.8 Å². The zero-order valence-electron chi connectivity index (χ0n) is 17.4. The predicted octanol–water partition coefficient (Wildman–Crippen LogP) is 2.78. The van der Waals surface area contributed by atoms with Crippen LogP contribution in [0.15, 0.2) is 59.6 Å². The topological polar surface area (TPSA) is 120 Å². The highest BCUT2D eigenvalue weighted by molar-refractivity contribution is 7.93. The number of piperazine rings is 1. The van der Waals surface area contributed by atoms with Crippen molar-refractivity contribution in [2.75, 3.05) is 30.9 Å². The second kappa shape index (κ2) is 8.46. The molecule has 4 rings (SSSR count). The maximum absolute atomic E-state index is 13.0. The molecule has 3 aromatic rings. The average molecular weight is 455 g/mol. The molecule has 2 N–H and O–H groups in total. The number of fused-ring (bicyclic) bond motifs is 1. The van der Waals surface area contributed by atoms with Crippen LogP contribution in [0.1, 0.15) is 15.9 Å². The second-order valence-electron chi connectivity index (χ2n) is 7.53. The number of carbonyl (C=O) groups is 2. The maximum atomic E-state index is 13.0. The predicted molar refractivity (Wildman–Crippen MR) is 119 cm³/mol. The highest BCUT2D eigenvalue weighted by Crippen LogP contribution is 2.25. The number of hydrogen-bond donors (Lipinski definition) is 2. The number of rotatable bonds is 4. The Balaban J connectivity index is 1.53. The van der Waals surface area contributed by atoms with Gasteiger partial charge < -0.3 is 14.9 Å². The van der Waals surface area contributed by atoms with Crippen LogP contribution in [0.2, 0.25) is 0 Å². The minimum atomic E-state index is -3.90. The van der Waals surface area contributed by atoms with Crippen LogP contribution in [0.5, 0.6) is 0 Å². The largest absolute Gasteiger partial charge is 0.465 e. The highest BCUT2D eigenvalue weighted by Gasteiger charge is 2.25. The normalized spacial score (nSPS) is 14.4.